The van der Waals surface area contributed by atoms with Crippen molar-refractivity contribution in [3.63, 3.8) is 0 Å². The number of benzene rings is 2. The molecule has 2 fully saturated rings. The van der Waals surface area contributed by atoms with E-state index in [2.05, 4.69) is 5.32 Å². The largest absolute Gasteiger partial charge is 0.497 e. The maximum atomic E-state index is 13.7. The molecule has 3 atom stereocenters. The second-order valence-corrected chi connectivity index (χ2v) is 8.89. The normalized spacial score (nSPS) is 25.3. The summed E-state index contributed by atoms with van der Waals surface area (Å²) < 4.78 is 39.6. The predicted octanol–water partition coefficient (Wildman–Crippen LogP) is 2.29. The van der Waals surface area contributed by atoms with Crippen LogP contribution in [0.4, 0.5) is 0 Å². The van der Waals surface area contributed by atoms with Crippen LogP contribution in [0.2, 0.25) is 0 Å². The molecule has 2 aliphatic heterocycles. The van der Waals surface area contributed by atoms with Gasteiger partial charge in [0.25, 0.3) is 0 Å². The lowest BCUT2D eigenvalue weighted by molar-refractivity contribution is 0.341. The average molecular weight is 388 g/mol. The summed E-state index contributed by atoms with van der Waals surface area (Å²) in [6.07, 6.45) is 0. The fourth-order valence-corrected chi connectivity index (χ4v) is 6.19. The van der Waals surface area contributed by atoms with Crippen molar-refractivity contribution < 1.29 is 17.9 Å². The van der Waals surface area contributed by atoms with Crippen LogP contribution in [0, 0.1) is 11.8 Å². The van der Waals surface area contributed by atoms with Gasteiger partial charge in [0, 0.05) is 19.2 Å². The monoisotopic (exact) mass is 388 g/mol. The molecule has 4 rings (SSSR count). The minimum absolute atomic E-state index is 0.151. The molecule has 0 bridgehead atoms. The van der Waals surface area contributed by atoms with Gasteiger partial charge in [0.1, 0.15) is 16.4 Å². The van der Waals surface area contributed by atoms with Crippen LogP contribution in [0.15, 0.2) is 53.4 Å². The van der Waals surface area contributed by atoms with E-state index in [4.69, 9.17) is 9.47 Å². The van der Waals surface area contributed by atoms with Crippen molar-refractivity contribution in [1.29, 1.82) is 0 Å². The zero-order valence-electron chi connectivity index (χ0n) is 15.5. The highest BCUT2D eigenvalue weighted by Gasteiger charge is 2.50. The molecule has 2 heterocycles. The van der Waals surface area contributed by atoms with Gasteiger partial charge in [0.15, 0.2) is 0 Å². The number of sulfonamides is 1. The fourth-order valence-electron chi connectivity index (χ4n) is 4.30. The van der Waals surface area contributed by atoms with Crippen LogP contribution in [0.25, 0.3) is 0 Å². The highest BCUT2D eigenvalue weighted by Crippen LogP contribution is 2.46. The highest BCUT2D eigenvalue weighted by molar-refractivity contribution is 7.89. The van der Waals surface area contributed by atoms with Crippen LogP contribution in [0.1, 0.15) is 11.6 Å². The summed E-state index contributed by atoms with van der Waals surface area (Å²) in [7, 11) is -0.744. The zero-order valence-corrected chi connectivity index (χ0v) is 16.3. The standard InChI is InChI=1S/C20H24N2O4S/c1-25-16-8-9-18(26-2)19(10-16)27(23,24)22-13-15-11-21-12-17(15)20(22)14-6-4-3-5-7-14/h3-10,15,17,20-21H,11-13H2,1-2H3/t15-,17-,20+/m0/s1. The molecule has 27 heavy (non-hydrogen) atoms. The van der Waals surface area contributed by atoms with Gasteiger partial charge in [-0.25, -0.2) is 8.42 Å². The molecule has 0 aliphatic carbocycles. The van der Waals surface area contributed by atoms with E-state index < -0.39 is 10.0 Å². The van der Waals surface area contributed by atoms with Crippen LogP contribution in [-0.2, 0) is 10.0 Å². The van der Waals surface area contributed by atoms with Gasteiger partial charge in [-0.15, -0.1) is 0 Å². The van der Waals surface area contributed by atoms with Crippen LogP contribution in [-0.4, -0.2) is 46.6 Å². The first-order valence-corrected chi connectivity index (χ1v) is 10.5. The molecule has 6 nitrogen and oxygen atoms in total. The van der Waals surface area contributed by atoms with Gasteiger partial charge in [0.05, 0.1) is 20.3 Å². The SMILES string of the molecule is COc1ccc(OC)c(S(=O)(=O)N2C[C@@H]3CNC[C@@H]3[C@H]2c2ccccc2)c1. The number of hydrogen-bond acceptors (Lipinski definition) is 5. The quantitative estimate of drug-likeness (QED) is 0.851. The number of methoxy groups -OCH3 is 2. The molecular weight excluding hydrogens is 364 g/mol. The molecule has 144 valence electrons. The Kier molecular flexibility index (Phi) is 4.84. The van der Waals surface area contributed by atoms with Gasteiger partial charge in [-0.1, -0.05) is 30.3 Å². The molecule has 2 aliphatic rings. The Hall–Kier alpha value is -2.09. The number of hydrogen-bond donors (Lipinski definition) is 1. The summed E-state index contributed by atoms with van der Waals surface area (Å²) in [6, 6.07) is 14.6. The third kappa shape index (κ3) is 3.09. The molecule has 1 N–H and O–H groups in total. The van der Waals surface area contributed by atoms with Crippen molar-refractivity contribution >= 4 is 10.0 Å². The fraction of sp³-hybridized carbons (Fsp3) is 0.400. The second-order valence-electron chi connectivity index (χ2n) is 7.03. The molecule has 0 amide bonds. The summed E-state index contributed by atoms with van der Waals surface area (Å²) in [4.78, 5) is 0.151. The summed E-state index contributed by atoms with van der Waals surface area (Å²) >= 11 is 0. The van der Waals surface area contributed by atoms with Gasteiger partial charge < -0.3 is 14.8 Å². The van der Waals surface area contributed by atoms with Gasteiger partial charge in [0.2, 0.25) is 10.0 Å². The van der Waals surface area contributed by atoms with Crippen molar-refractivity contribution in [2.24, 2.45) is 11.8 Å². The first-order chi connectivity index (χ1) is 13.1. The van der Waals surface area contributed by atoms with E-state index in [1.54, 1.807) is 22.5 Å². The van der Waals surface area contributed by atoms with E-state index in [1.165, 1.54) is 14.2 Å². The van der Waals surface area contributed by atoms with E-state index in [-0.39, 0.29) is 16.9 Å². The van der Waals surface area contributed by atoms with E-state index in [0.29, 0.717) is 24.0 Å². The van der Waals surface area contributed by atoms with E-state index in [9.17, 15) is 8.42 Å². The molecule has 0 unspecified atom stereocenters. The first kappa shape index (κ1) is 18.3. The van der Waals surface area contributed by atoms with Gasteiger partial charge >= 0.3 is 0 Å². The van der Waals surface area contributed by atoms with Crippen molar-refractivity contribution in [2.45, 2.75) is 10.9 Å². The summed E-state index contributed by atoms with van der Waals surface area (Å²) in [5, 5.41) is 3.41. The van der Waals surface area contributed by atoms with Gasteiger partial charge in [-0.2, -0.15) is 4.31 Å². The second kappa shape index (κ2) is 7.14. The Labute approximate surface area is 160 Å². The Bertz CT molecular complexity index is 917. The average Bonchev–Trinajstić information content (AvgIpc) is 3.29. The third-order valence-corrected chi connectivity index (χ3v) is 7.49. The lowest BCUT2D eigenvalue weighted by Gasteiger charge is -2.28. The van der Waals surface area contributed by atoms with Crippen LogP contribution in [0.5, 0.6) is 11.5 Å². The minimum Gasteiger partial charge on any atom is -0.497 e. The Morgan fingerprint density at radius 1 is 1.04 bits per heavy atom. The smallest absolute Gasteiger partial charge is 0.247 e. The molecule has 0 saturated carbocycles. The highest BCUT2D eigenvalue weighted by atomic mass is 32.2. The molecule has 0 aromatic heterocycles. The van der Waals surface area contributed by atoms with Crippen LogP contribution >= 0.6 is 0 Å². The molecular formula is C20H24N2O4S. The molecule has 2 aromatic carbocycles. The number of nitrogens with one attached hydrogen (secondary N) is 1. The Morgan fingerprint density at radius 3 is 2.52 bits per heavy atom. The lowest BCUT2D eigenvalue weighted by atomic mass is 9.90. The number of ether oxygens (including phenoxy) is 2. The topological polar surface area (TPSA) is 67.9 Å². The van der Waals surface area contributed by atoms with Gasteiger partial charge in [-0.05, 0) is 36.1 Å². The summed E-state index contributed by atoms with van der Waals surface area (Å²) in [5.74, 6) is 1.39. The summed E-state index contributed by atoms with van der Waals surface area (Å²) in [6.45, 7) is 2.17. The van der Waals surface area contributed by atoms with E-state index in [1.807, 2.05) is 30.3 Å². The van der Waals surface area contributed by atoms with Crippen molar-refractivity contribution in [2.75, 3.05) is 33.9 Å². The van der Waals surface area contributed by atoms with Gasteiger partial charge in [-0.3, -0.25) is 0 Å². The first-order valence-electron chi connectivity index (χ1n) is 9.06. The molecule has 0 spiro atoms. The number of rotatable bonds is 5. The summed E-state index contributed by atoms with van der Waals surface area (Å²) in [5.41, 5.74) is 1.03. The third-order valence-electron chi connectivity index (χ3n) is 5.62. The van der Waals surface area contributed by atoms with Crippen molar-refractivity contribution in [1.82, 2.24) is 9.62 Å². The molecule has 7 heteroatoms. The predicted molar refractivity (Wildman–Crippen MR) is 102 cm³/mol. The molecule has 2 aromatic rings. The Balaban J connectivity index is 1.81. The van der Waals surface area contributed by atoms with E-state index in [0.717, 1.165) is 18.7 Å². The number of nitrogens with zero attached hydrogens (tertiary/aromatic N) is 1. The van der Waals surface area contributed by atoms with Crippen LogP contribution in [0.3, 0.4) is 0 Å². The maximum absolute atomic E-state index is 13.7. The lowest BCUT2D eigenvalue weighted by Crippen LogP contribution is -2.35. The van der Waals surface area contributed by atoms with Crippen molar-refractivity contribution in [3.05, 3.63) is 54.1 Å². The number of fused-ring (bicyclic) bond motifs is 1. The Morgan fingerprint density at radius 2 is 1.81 bits per heavy atom. The minimum atomic E-state index is -3.75. The van der Waals surface area contributed by atoms with Crippen LogP contribution < -0.4 is 14.8 Å². The molecule has 0 radical (unpaired) electrons. The zero-order chi connectivity index (χ0) is 19.0. The maximum Gasteiger partial charge on any atom is 0.247 e. The van der Waals surface area contributed by atoms with Crippen molar-refractivity contribution in [3.8, 4) is 11.5 Å². The van der Waals surface area contributed by atoms with E-state index >= 15 is 0 Å². The molecule has 2 saturated heterocycles.